The fourth-order valence-corrected chi connectivity index (χ4v) is 5.97. The summed E-state index contributed by atoms with van der Waals surface area (Å²) < 4.78 is 17.0. The fraction of sp³-hybridized carbons (Fsp3) is 0.676. The van der Waals surface area contributed by atoms with E-state index in [0.717, 1.165) is 30.7 Å². The van der Waals surface area contributed by atoms with Crippen LogP contribution in [0.25, 0.3) is 11.4 Å². The Morgan fingerprint density at radius 3 is 2.08 bits per heavy atom. The van der Waals surface area contributed by atoms with Gasteiger partial charge in [0.15, 0.2) is 12.1 Å². The maximum Gasteiger partial charge on any atom is 0.319 e. The smallest absolute Gasteiger partial charge is 0.319 e. The number of carbonyl (C=O) groups excluding carboxylic acids is 1. The van der Waals surface area contributed by atoms with E-state index in [2.05, 4.69) is 23.8 Å². The van der Waals surface area contributed by atoms with Crippen LogP contribution in [0.3, 0.4) is 0 Å². The van der Waals surface area contributed by atoms with Crippen LogP contribution in [0.1, 0.15) is 122 Å². The van der Waals surface area contributed by atoms with Gasteiger partial charge in [0, 0.05) is 18.0 Å². The highest BCUT2D eigenvalue weighted by Crippen LogP contribution is 2.37. The van der Waals surface area contributed by atoms with Crippen LogP contribution in [0.5, 0.6) is 5.75 Å². The maximum atomic E-state index is 12.6. The van der Waals surface area contributed by atoms with Gasteiger partial charge in [-0.3, -0.25) is 4.79 Å². The number of ether oxygens (including phenoxy) is 3. The van der Waals surface area contributed by atoms with Gasteiger partial charge in [0.1, 0.15) is 11.7 Å². The third-order valence-electron chi connectivity index (χ3n) is 8.63. The molecule has 0 amide bonds. The predicted octanol–water partition coefficient (Wildman–Crippen LogP) is 8.64. The molecule has 1 saturated heterocycles. The molecule has 6 nitrogen and oxygen atoms in total. The van der Waals surface area contributed by atoms with Crippen molar-refractivity contribution in [2.75, 3.05) is 13.2 Å². The first-order valence-electron chi connectivity index (χ1n) is 16.0. The van der Waals surface area contributed by atoms with E-state index in [-0.39, 0.29) is 12.3 Å². The number of carbonyl (C=O) groups is 1. The summed E-state index contributed by atoms with van der Waals surface area (Å²) >= 11 is 0. The van der Waals surface area contributed by atoms with Gasteiger partial charge in [-0.2, -0.15) is 0 Å². The number of nitrogens with zero attached hydrogens (tertiary/aromatic N) is 2. The van der Waals surface area contributed by atoms with Crippen LogP contribution in [-0.4, -0.2) is 35.4 Å². The first kappa shape index (κ1) is 30.6. The molecule has 2 aromatic rings. The quantitative estimate of drug-likeness (QED) is 0.126. The normalized spacial score (nSPS) is 23.1. The van der Waals surface area contributed by atoms with Gasteiger partial charge in [0.2, 0.25) is 0 Å². The zero-order valence-electron chi connectivity index (χ0n) is 24.8. The van der Waals surface area contributed by atoms with Gasteiger partial charge in [-0.25, -0.2) is 9.97 Å². The Bertz CT molecular complexity index is 978. The van der Waals surface area contributed by atoms with Crippen LogP contribution in [0.4, 0.5) is 0 Å². The number of hydrogen-bond donors (Lipinski definition) is 0. The Morgan fingerprint density at radius 1 is 0.800 bits per heavy atom. The van der Waals surface area contributed by atoms with E-state index in [0.29, 0.717) is 30.7 Å². The number of unbranched alkanes of at least 4 members (excludes halogenated alkanes) is 7. The standard InChI is InChI=1S/C34H50N2O4/c1-3-5-7-8-9-11-12-26-14-16-27(17-15-26)29-22-35-33(36-23-29)28-18-20-31(21-19-28)40-34(37)30-24-38-32(39-25-30)13-10-6-4-2/h18-23,26-27,30,32H,3-17,24-25H2,1-2H3/t26-,27-,30-,32-. The number of rotatable bonds is 15. The minimum absolute atomic E-state index is 0.203. The first-order valence-corrected chi connectivity index (χ1v) is 16.0. The summed E-state index contributed by atoms with van der Waals surface area (Å²) in [4.78, 5) is 21.9. The fourth-order valence-electron chi connectivity index (χ4n) is 5.97. The number of benzene rings is 1. The minimum Gasteiger partial charge on any atom is -0.426 e. The molecule has 0 N–H and O–H groups in total. The molecule has 1 saturated carbocycles. The van der Waals surface area contributed by atoms with Crippen LogP contribution < -0.4 is 4.74 Å². The monoisotopic (exact) mass is 550 g/mol. The number of hydrogen-bond acceptors (Lipinski definition) is 6. The van der Waals surface area contributed by atoms with Crippen LogP contribution in [0.2, 0.25) is 0 Å². The summed E-state index contributed by atoms with van der Waals surface area (Å²) in [5.41, 5.74) is 2.17. The lowest BCUT2D eigenvalue weighted by molar-refractivity contribution is -0.208. The van der Waals surface area contributed by atoms with Crippen molar-refractivity contribution in [1.82, 2.24) is 9.97 Å². The van der Waals surface area contributed by atoms with Crippen molar-refractivity contribution in [3.63, 3.8) is 0 Å². The lowest BCUT2D eigenvalue weighted by atomic mass is 9.77. The maximum absolute atomic E-state index is 12.6. The van der Waals surface area contributed by atoms with E-state index in [1.54, 1.807) is 12.1 Å². The van der Waals surface area contributed by atoms with E-state index in [4.69, 9.17) is 14.2 Å². The van der Waals surface area contributed by atoms with Crippen molar-refractivity contribution in [3.05, 3.63) is 42.2 Å². The van der Waals surface area contributed by atoms with Crippen molar-refractivity contribution >= 4 is 5.97 Å². The van der Waals surface area contributed by atoms with Crippen LogP contribution >= 0.6 is 0 Å². The second-order valence-corrected chi connectivity index (χ2v) is 11.8. The SMILES string of the molecule is CCCCCCCC[C@H]1CC[C@H](c2cnc(-c3ccc(OC(=O)[C@H]4CO[C@H](CCCCC)OC4)cc3)nc2)CC1. The lowest BCUT2D eigenvalue weighted by Gasteiger charge is -2.28. The minimum atomic E-state index is -0.399. The van der Waals surface area contributed by atoms with Crippen LogP contribution in [0, 0.1) is 11.8 Å². The molecule has 0 radical (unpaired) electrons. The molecule has 1 aliphatic carbocycles. The Hall–Kier alpha value is -2.31. The van der Waals surface area contributed by atoms with Crippen molar-refractivity contribution in [2.45, 2.75) is 122 Å². The Kier molecular flexibility index (Phi) is 12.9. The molecule has 2 heterocycles. The van der Waals surface area contributed by atoms with Gasteiger partial charge >= 0.3 is 5.97 Å². The number of esters is 1. The molecule has 2 aliphatic rings. The molecule has 1 aliphatic heterocycles. The molecule has 6 heteroatoms. The summed E-state index contributed by atoms with van der Waals surface area (Å²) in [6.07, 6.45) is 23.0. The van der Waals surface area contributed by atoms with Gasteiger partial charge in [0.05, 0.1) is 13.2 Å². The molecule has 0 spiro atoms. The molecule has 1 aromatic carbocycles. The van der Waals surface area contributed by atoms with E-state index in [1.807, 2.05) is 24.5 Å². The zero-order valence-corrected chi connectivity index (χ0v) is 24.8. The molecule has 0 bridgehead atoms. The van der Waals surface area contributed by atoms with E-state index in [1.165, 1.54) is 82.6 Å². The molecule has 220 valence electrons. The highest BCUT2D eigenvalue weighted by molar-refractivity contribution is 5.75. The Balaban J connectivity index is 1.17. The Labute approximate surface area is 241 Å². The molecule has 0 atom stereocenters. The Morgan fingerprint density at radius 2 is 1.40 bits per heavy atom. The number of aromatic nitrogens is 2. The molecule has 0 unspecified atom stereocenters. The summed E-state index contributed by atoms with van der Waals surface area (Å²) in [7, 11) is 0. The van der Waals surface area contributed by atoms with E-state index in [9.17, 15) is 4.79 Å². The summed E-state index contributed by atoms with van der Waals surface area (Å²) in [5.74, 6) is 1.97. The van der Waals surface area contributed by atoms with Crippen LogP contribution in [0.15, 0.2) is 36.7 Å². The highest BCUT2D eigenvalue weighted by atomic mass is 16.7. The van der Waals surface area contributed by atoms with Crippen molar-refractivity contribution in [2.24, 2.45) is 11.8 Å². The predicted molar refractivity (Wildman–Crippen MR) is 159 cm³/mol. The van der Waals surface area contributed by atoms with Gasteiger partial charge in [-0.1, -0.05) is 71.6 Å². The second kappa shape index (κ2) is 16.8. The van der Waals surface area contributed by atoms with Gasteiger partial charge < -0.3 is 14.2 Å². The van der Waals surface area contributed by atoms with E-state index >= 15 is 0 Å². The average Bonchev–Trinajstić information content (AvgIpc) is 3.00. The summed E-state index contributed by atoms with van der Waals surface area (Å²) in [5, 5.41) is 0. The molecule has 1 aromatic heterocycles. The van der Waals surface area contributed by atoms with Crippen molar-refractivity contribution in [1.29, 1.82) is 0 Å². The molecular formula is C34H50N2O4. The second-order valence-electron chi connectivity index (χ2n) is 11.8. The highest BCUT2D eigenvalue weighted by Gasteiger charge is 2.29. The van der Waals surface area contributed by atoms with E-state index < -0.39 is 5.92 Å². The molecular weight excluding hydrogens is 500 g/mol. The third kappa shape index (κ3) is 9.66. The van der Waals surface area contributed by atoms with Gasteiger partial charge in [0.25, 0.3) is 0 Å². The zero-order chi connectivity index (χ0) is 28.0. The van der Waals surface area contributed by atoms with Gasteiger partial charge in [-0.05, 0) is 80.2 Å². The largest absolute Gasteiger partial charge is 0.426 e. The molecule has 40 heavy (non-hydrogen) atoms. The van der Waals surface area contributed by atoms with Crippen LogP contribution in [-0.2, 0) is 14.3 Å². The van der Waals surface area contributed by atoms with Crippen molar-refractivity contribution in [3.8, 4) is 17.1 Å². The topological polar surface area (TPSA) is 70.5 Å². The summed E-state index contributed by atoms with van der Waals surface area (Å²) in [6.45, 7) is 5.14. The first-order chi connectivity index (χ1) is 19.7. The molecule has 2 fully saturated rings. The van der Waals surface area contributed by atoms with Gasteiger partial charge in [-0.15, -0.1) is 0 Å². The lowest BCUT2D eigenvalue weighted by Crippen LogP contribution is -2.38. The molecule has 4 rings (SSSR count). The average molecular weight is 551 g/mol. The third-order valence-corrected chi connectivity index (χ3v) is 8.63. The van der Waals surface area contributed by atoms with Crippen molar-refractivity contribution < 1.29 is 19.0 Å². The summed E-state index contributed by atoms with van der Waals surface area (Å²) in [6, 6.07) is 7.41.